The van der Waals surface area contributed by atoms with Gasteiger partial charge in [-0.3, -0.25) is 0 Å². The van der Waals surface area contributed by atoms with Crippen LogP contribution < -0.4 is 15.5 Å². The summed E-state index contributed by atoms with van der Waals surface area (Å²) in [4.78, 5) is 10.8. The van der Waals surface area contributed by atoms with Crippen LogP contribution in [0.15, 0.2) is 6.33 Å². The number of piperazine rings is 1. The van der Waals surface area contributed by atoms with Crippen LogP contribution in [0.5, 0.6) is 0 Å². The molecule has 5 nitrogen and oxygen atoms in total. The van der Waals surface area contributed by atoms with Crippen molar-refractivity contribution >= 4 is 11.6 Å². The van der Waals surface area contributed by atoms with Crippen molar-refractivity contribution in [3.63, 3.8) is 0 Å². The first-order valence-electron chi connectivity index (χ1n) is 5.28. The highest BCUT2D eigenvalue weighted by molar-refractivity contribution is 5.57. The van der Waals surface area contributed by atoms with Crippen molar-refractivity contribution in [1.29, 1.82) is 0 Å². The zero-order valence-corrected chi connectivity index (χ0v) is 9.25. The summed E-state index contributed by atoms with van der Waals surface area (Å²) in [7, 11) is 1.89. The van der Waals surface area contributed by atoms with Crippen molar-refractivity contribution in [1.82, 2.24) is 15.3 Å². The van der Waals surface area contributed by atoms with Crippen molar-refractivity contribution in [2.45, 2.75) is 6.92 Å². The number of nitrogens with zero attached hydrogens (tertiary/aromatic N) is 3. The lowest BCUT2D eigenvalue weighted by Gasteiger charge is -2.29. The molecular weight excluding hydrogens is 190 g/mol. The molecule has 5 heteroatoms. The SMILES string of the molecule is CNc1ncnc(N2CCNCC2)c1C. The number of rotatable bonds is 2. The maximum Gasteiger partial charge on any atom is 0.137 e. The van der Waals surface area contributed by atoms with Crippen LogP contribution in [0.25, 0.3) is 0 Å². The average Bonchev–Trinajstić information content (AvgIpc) is 2.30. The van der Waals surface area contributed by atoms with E-state index in [0.29, 0.717) is 0 Å². The minimum absolute atomic E-state index is 0.915. The third-order valence-corrected chi connectivity index (χ3v) is 2.71. The smallest absolute Gasteiger partial charge is 0.137 e. The first kappa shape index (κ1) is 10.2. The van der Waals surface area contributed by atoms with Gasteiger partial charge < -0.3 is 15.5 Å². The molecule has 0 radical (unpaired) electrons. The summed E-state index contributed by atoms with van der Waals surface area (Å²) in [6, 6.07) is 0. The molecule has 0 atom stereocenters. The van der Waals surface area contributed by atoms with Crippen LogP contribution in [0.4, 0.5) is 11.6 Å². The highest BCUT2D eigenvalue weighted by Gasteiger charge is 2.15. The Labute approximate surface area is 89.9 Å². The van der Waals surface area contributed by atoms with Gasteiger partial charge in [0.1, 0.15) is 18.0 Å². The molecule has 1 aliphatic rings. The van der Waals surface area contributed by atoms with Gasteiger partial charge in [0.2, 0.25) is 0 Å². The van der Waals surface area contributed by atoms with Crippen LogP contribution in [0, 0.1) is 6.92 Å². The fraction of sp³-hybridized carbons (Fsp3) is 0.600. The van der Waals surface area contributed by atoms with Gasteiger partial charge in [0, 0.05) is 38.8 Å². The summed E-state index contributed by atoms with van der Waals surface area (Å²) < 4.78 is 0. The molecule has 82 valence electrons. The van der Waals surface area contributed by atoms with Crippen LogP contribution in [0.3, 0.4) is 0 Å². The molecule has 1 aromatic rings. The topological polar surface area (TPSA) is 53.1 Å². The molecule has 15 heavy (non-hydrogen) atoms. The van der Waals surface area contributed by atoms with Crippen LogP contribution in [0.2, 0.25) is 0 Å². The zero-order chi connectivity index (χ0) is 10.7. The van der Waals surface area contributed by atoms with Crippen molar-refractivity contribution in [3.8, 4) is 0 Å². The Bertz CT molecular complexity index is 333. The standard InChI is InChI=1S/C10H17N5/c1-8-9(11-2)13-7-14-10(8)15-5-3-12-4-6-15/h7,12H,3-6H2,1-2H3,(H,11,13,14). The van der Waals surface area contributed by atoms with Gasteiger partial charge in [-0.2, -0.15) is 0 Å². The summed E-state index contributed by atoms with van der Waals surface area (Å²) in [5, 5.41) is 6.41. The molecule has 2 heterocycles. The van der Waals surface area contributed by atoms with Crippen molar-refractivity contribution < 1.29 is 0 Å². The molecule has 2 N–H and O–H groups in total. The summed E-state index contributed by atoms with van der Waals surface area (Å²) in [6.45, 7) is 6.14. The maximum absolute atomic E-state index is 4.36. The molecule has 0 bridgehead atoms. The van der Waals surface area contributed by atoms with Gasteiger partial charge in [-0.15, -0.1) is 0 Å². The molecule has 1 aromatic heterocycles. The fourth-order valence-electron chi connectivity index (χ4n) is 1.89. The molecule has 1 aliphatic heterocycles. The van der Waals surface area contributed by atoms with Gasteiger partial charge in [-0.05, 0) is 6.92 Å². The Balaban J connectivity index is 2.26. The van der Waals surface area contributed by atoms with Crippen LogP contribution in [-0.2, 0) is 0 Å². The Morgan fingerprint density at radius 3 is 2.73 bits per heavy atom. The normalized spacial score (nSPS) is 16.5. The predicted octanol–water partition coefficient (Wildman–Crippen LogP) is 0.236. The predicted molar refractivity (Wildman–Crippen MR) is 61.4 cm³/mol. The molecule has 0 amide bonds. The summed E-state index contributed by atoms with van der Waals surface area (Å²) in [6.07, 6.45) is 1.62. The minimum Gasteiger partial charge on any atom is -0.373 e. The van der Waals surface area contributed by atoms with Crippen LogP contribution in [0.1, 0.15) is 5.56 Å². The van der Waals surface area contributed by atoms with E-state index in [-0.39, 0.29) is 0 Å². The van der Waals surface area contributed by atoms with E-state index in [1.165, 1.54) is 0 Å². The van der Waals surface area contributed by atoms with Gasteiger partial charge >= 0.3 is 0 Å². The lowest BCUT2D eigenvalue weighted by molar-refractivity contribution is 0.583. The van der Waals surface area contributed by atoms with Crippen molar-refractivity contribution in [2.75, 3.05) is 43.4 Å². The first-order chi connectivity index (χ1) is 7.33. The second kappa shape index (κ2) is 4.44. The molecule has 0 spiro atoms. The Kier molecular flexibility index (Phi) is 3.01. The number of hydrogen-bond acceptors (Lipinski definition) is 5. The zero-order valence-electron chi connectivity index (χ0n) is 9.25. The minimum atomic E-state index is 0.915. The molecule has 2 rings (SSSR count). The monoisotopic (exact) mass is 207 g/mol. The van der Waals surface area contributed by atoms with Gasteiger partial charge in [0.05, 0.1) is 0 Å². The summed E-state index contributed by atoms with van der Waals surface area (Å²) in [5.74, 6) is 1.97. The number of anilines is 2. The molecular formula is C10H17N5. The van der Waals surface area contributed by atoms with E-state index < -0.39 is 0 Å². The highest BCUT2D eigenvalue weighted by atomic mass is 15.2. The molecule has 1 fully saturated rings. The van der Waals surface area contributed by atoms with E-state index in [1.807, 2.05) is 7.05 Å². The summed E-state index contributed by atoms with van der Waals surface area (Å²) >= 11 is 0. The fourth-order valence-corrected chi connectivity index (χ4v) is 1.89. The Morgan fingerprint density at radius 2 is 2.07 bits per heavy atom. The van der Waals surface area contributed by atoms with Crippen LogP contribution >= 0.6 is 0 Å². The molecule has 0 aliphatic carbocycles. The van der Waals surface area contributed by atoms with E-state index >= 15 is 0 Å². The third-order valence-electron chi connectivity index (χ3n) is 2.71. The molecule has 0 aromatic carbocycles. The highest BCUT2D eigenvalue weighted by Crippen LogP contribution is 2.21. The van der Waals surface area contributed by atoms with Gasteiger partial charge in [-0.25, -0.2) is 9.97 Å². The third kappa shape index (κ3) is 2.02. The van der Waals surface area contributed by atoms with Gasteiger partial charge in [0.25, 0.3) is 0 Å². The molecule has 0 unspecified atom stereocenters. The Hall–Kier alpha value is -1.36. The lowest BCUT2D eigenvalue weighted by Crippen LogP contribution is -2.44. The number of aromatic nitrogens is 2. The Morgan fingerprint density at radius 1 is 1.33 bits per heavy atom. The van der Waals surface area contributed by atoms with Crippen LogP contribution in [-0.4, -0.2) is 43.2 Å². The van der Waals surface area contributed by atoms with E-state index in [9.17, 15) is 0 Å². The second-order valence-corrected chi connectivity index (χ2v) is 3.66. The van der Waals surface area contributed by atoms with Gasteiger partial charge in [0.15, 0.2) is 0 Å². The largest absolute Gasteiger partial charge is 0.373 e. The second-order valence-electron chi connectivity index (χ2n) is 3.66. The quantitative estimate of drug-likeness (QED) is 0.727. The average molecular weight is 207 g/mol. The first-order valence-corrected chi connectivity index (χ1v) is 5.28. The lowest BCUT2D eigenvalue weighted by atomic mass is 10.2. The molecule has 1 saturated heterocycles. The van der Waals surface area contributed by atoms with Gasteiger partial charge in [-0.1, -0.05) is 0 Å². The van der Waals surface area contributed by atoms with Crippen molar-refractivity contribution in [3.05, 3.63) is 11.9 Å². The number of hydrogen-bond donors (Lipinski definition) is 2. The van der Waals surface area contributed by atoms with E-state index in [0.717, 1.165) is 43.4 Å². The van der Waals surface area contributed by atoms with E-state index in [1.54, 1.807) is 6.33 Å². The number of nitrogens with one attached hydrogen (secondary N) is 2. The van der Waals surface area contributed by atoms with E-state index in [4.69, 9.17) is 0 Å². The van der Waals surface area contributed by atoms with Crippen molar-refractivity contribution in [2.24, 2.45) is 0 Å². The van der Waals surface area contributed by atoms with E-state index in [2.05, 4.69) is 32.4 Å². The summed E-state index contributed by atoms with van der Waals surface area (Å²) in [5.41, 5.74) is 1.13. The molecule has 0 saturated carbocycles. The maximum atomic E-state index is 4.36.